The summed E-state index contributed by atoms with van der Waals surface area (Å²) in [6.07, 6.45) is -0.0719. The van der Waals surface area contributed by atoms with E-state index in [1.54, 1.807) is 24.3 Å². The van der Waals surface area contributed by atoms with Crippen molar-refractivity contribution in [2.24, 2.45) is 0 Å². The van der Waals surface area contributed by atoms with Crippen LogP contribution >= 0.6 is 27.5 Å². The van der Waals surface area contributed by atoms with Gasteiger partial charge in [0.05, 0.1) is 6.42 Å². The van der Waals surface area contributed by atoms with Crippen LogP contribution in [0.5, 0.6) is 0 Å². The van der Waals surface area contributed by atoms with Crippen LogP contribution in [0.25, 0.3) is 10.9 Å². The second-order valence-electron chi connectivity index (χ2n) is 5.66. The molecule has 0 saturated heterocycles. The summed E-state index contributed by atoms with van der Waals surface area (Å²) in [4.78, 5) is 26.8. The van der Waals surface area contributed by atoms with Gasteiger partial charge < -0.3 is 15.4 Å². The lowest BCUT2D eigenvalue weighted by Gasteiger charge is -2.09. The van der Waals surface area contributed by atoms with Gasteiger partial charge >= 0.3 is 5.97 Å². The van der Waals surface area contributed by atoms with Crippen molar-refractivity contribution >= 4 is 56.0 Å². The number of aromatic carboxylic acids is 1. The maximum Gasteiger partial charge on any atom is 0.352 e. The van der Waals surface area contributed by atoms with Crippen molar-refractivity contribution in [1.29, 1.82) is 0 Å². The van der Waals surface area contributed by atoms with Crippen LogP contribution in [0, 0.1) is 6.92 Å². The monoisotopic (exact) mass is 420 g/mol. The molecule has 0 fully saturated rings. The molecule has 0 radical (unpaired) electrons. The zero-order chi connectivity index (χ0) is 18.1. The van der Waals surface area contributed by atoms with Gasteiger partial charge in [0.25, 0.3) is 0 Å². The number of anilines is 1. The summed E-state index contributed by atoms with van der Waals surface area (Å²) in [5.41, 5.74) is 2.63. The zero-order valence-electron chi connectivity index (χ0n) is 13.2. The summed E-state index contributed by atoms with van der Waals surface area (Å²) in [6, 6.07) is 10.5. The number of aromatic nitrogens is 1. The Labute approximate surface area is 157 Å². The van der Waals surface area contributed by atoms with E-state index in [1.165, 1.54) is 0 Å². The molecule has 3 rings (SSSR count). The van der Waals surface area contributed by atoms with E-state index in [9.17, 15) is 14.7 Å². The van der Waals surface area contributed by atoms with Gasteiger partial charge in [0, 0.05) is 31.6 Å². The summed E-state index contributed by atoms with van der Waals surface area (Å²) in [7, 11) is 0. The molecule has 25 heavy (non-hydrogen) atoms. The summed E-state index contributed by atoms with van der Waals surface area (Å²) in [6.45, 7) is 1.88. The number of carbonyl (C=O) groups is 2. The minimum Gasteiger partial charge on any atom is -0.477 e. The number of carboxylic acids is 1. The van der Waals surface area contributed by atoms with Crippen LogP contribution in [0.3, 0.4) is 0 Å². The summed E-state index contributed by atoms with van der Waals surface area (Å²) in [5.74, 6) is -1.41. The van der Waals surface area contributed by atoms with E-state index in [4.69, 9.17) is 11.6 Å². The summed E-state index contributed by atoms with van der Waals surface area (Å²) in [5, 5.41) is 13.3. The van der Waals surface area contributed by atoms with Gasteiger partial charge in [-0.05, 0) is 48.9 Å². The molecule has 3 N–H and O–H groups in total. The van der Waals surface area contributed by atoms with Crippen molar-refractivity contribution in [3.8, 4) is 0 Å². The number of hydrogen-bond acceptors (Lipinski definition) is 2. The minimum absolute atomic E-state index is 0.0000512. The molecule has 0 atom stereocenters. The number of amides is 1. The molecule has 5 nitrogen and oxygen atoms in total. The van der Waals surface area contributed by atoms with Gasteiger partial charge in [-0.25, -0.2) is 4.79 Å². The third-order valence-corrected chi connectivity index (χ3v) is 4.61. The van der Waals surface area contributed by atoms with Gasteiger partial charge in [0.2, 0.25) is 5.91 Å². The largest absolute Gasteiger partial charge is 0.477 e. The molecule has 0 aliphatic heterocycles. The molecule has 0 aliphatic rings. The molecule has 1 amide bonds. The second-order valence-corrected chi connectivity index (χ2v) is 7.01. The van der Waals surface area contributed by atoms with Crippen molar-refractivity contribution in [3.05, 3.63) is 62.7 Å². The van der Waals surface area contributed by atoms with Gasteiger partial charge in [-0.15, -0.1) is 0 Å². The Morgan fingerprint density at radius 2 is 2.00 bits per heavy atom. The van der Waals surface area contributed by atoms with Crippen molar-refractivity contribution in [1.82, 2.24) is 4.98 Å². The van der Waals surface area contributed by atoms with Crippen molar-refractivity contribution in [2.45, 2.75) is 13.3 Å². The first-order valence-corrected chi connectivity index (χ1v) is 8.61. The third-order valence-electron chi connectivity index (χ3n) is 3.88. The molecule has 1 aromatic heterocycles. The third kappa shape index (κ3) is 3.70. The predicted molar refractivity (Wildman–Crippen MR) is 101 cm³/mol. The van der Waals surface area contributed by atoms with Crippen LogP contribution < -0.4 is 5.32 Å². The van der Waals surface area contributed by atoms with E-state index in [1.807, 2.05) is 19.1 Å². The Hall–Kier alpha value is -2.31. The molecule has 3 aromatic rings. The lowest BCUT2D eigenvalue weighted by atomic mass is 10.1. The fraction of sp³-hybridized carbons (Fsp3) is 0.111. The Morgan fingerprint density at radius 3 is 2.68 bits per heavy atom. The van der Waals surface area contributed by atoms with E-state index in [0.29, 0.717) is 27.2 Å². The average molecular weight is 422 g/mol. The van der Waals surface area contributed by atoms with E-state index in [-0.39, 0.29) is 18.0 Å². The molecular weight excluding hydrogens is 408 g/mol. The number of carboxylic acid groups (broad SMARTS) is 1. The smallest absolute Gasteiger partial charge is 0.352 e. The topological polar surface area (TPSA) is 82.2 Å². The molecule has 0 bridgehead atoms. The number of aromatic amines is 1. The van der Waals surface area contributed by atoms with Gasteiger partial charge in [0.15, 0.2) is 0 Å². The number of fused-ring (bicyclic) bond motifs is 1. The number of H-pyrrole nitrogens is 1. The lowest BCUT2D eigenvalue weighted by Crippen LogP contribution is -2.16. The van der Waals surface area contributed by atoms with Crippen LogP contribution in [0.2, 0.25) is 5.02 Å². The Bertz CT molecular complexity index is 997. The average Bonchev–Trinajstić information content (AvgIpc) is 2.88. The normalized spacial score (nSPS) is 10.8. The van der Waals surface area contributed by atoms with Gasteiger partial charge in [-0.2, -0.15) is 0 Å². The first-order chi connectivity index (χ1) is 11.8. The number of halogens is 2. The Morgan fingerprint density at radius 1 is 1.24 bits per heavy atom. The highest BCUT2D eigenvalue weighted by Crippen LogP contribution is 2.27. The summed E-state index contributed by atoms with van der Waals surface area (Å²) >= 11 is 9.39. The van der Waals surface area contributed by atoms with Crippen LogP contribution in [0.1, 0.15) is 21.6 Å². The Balaban J connectivity index is 1.93. The van der Waals surface area contributed by atoms with E-state index < -0.39 is 5.97 Å². The van der Waals surface area contributed by atoms with Gasteiger partial charge in [0.1, 0.15) is 5.69 Å². The number of carbonyl (C=O) groups excluding carboxylic acids is 1. The standard InChI is InChI=1S/C18H14BrClN2O3/c1-9-6-10(19)2-4-14(9)21-16(23)8-13-12-7-11(20)3-5-15(12)22-17(13)18(24)25/h2-7,22H,8H2,1H3,(H,21,23)(H,24,25). The van der Waals surface area contributed by atoms with Gasteiger partial charge in [-0.1, -0.05) is 27.5 Å². The maximum absolute atomic E-state index is 12.5. The molecule has 2 aromatic carbocycles. The SMILES string of the molecule is Cc1cc(Br)ccc1NC(=O)Cc1c(C(=O)O)[nH]c2ccc(Cl)cc12. The first kappa shape index (κ1) is 17.5. The first-order valence-electron chi connectivity index (χ1n) is 7.44. The second kappa shape index (κ2) is 6.90. The summed E-state index contributed by atoms with van der Waals surface area (Å²) < 4.78 is 0.919. The molecular formula is C18H14BrClN2O3. The van der Waals surface area contributed by atoms with E-state index >= 15 is 0 Å². The minimum atomic E-state index is -1.12. The highest BCUT2D eigenvalue weighted by molar-refractivity contribution is 9.10. The molecule has 1 heterocycles. The van der Waals surface area contributed by atoms with E-state index in [0.717, 1.165) is 10.0 Å². The van der Waals surface area contributed by atoms with E-state index in [2.05, 4.69) is 26.2 Å². The highest BCUT2D eigenvalue weighted by Gasteiger charge is 2.20. The predicted octanol–water partition coefficient (Wildman–Crippen LogP) is 4.77. The van der Waals surface area contributed by atoms with Crippen molar-refractivity contribution in [2.75, 3.05) is 5.32 Å². The van der Waals surface area contributed by atoms with Crippen LogP contribution in [-0.2, 0) is 11.2 Å². The van der Waals surface area contributed by atoms with Crippen LogP contribution in [0.4, 0.5) is 5.69 Å². The number of aryl methyl sites for hydroxylation is 1. The molecule has 0 unspecified atom stereocenters. The molecule has 128 valence electrons. The van der Waals surface area contributed by atoms with Crippen molar-refractivity contribution < 1.29 is 14.7 Å². The number of hydrogen-bond donors (Lipinski definition) is 3. The number of rotatable bonds is 4. The number of benzene rings is 2. The molecule has 0 aliphatic carbocycles. The quantitative estimate of drug-likeness (QED) is 0.567. The maximum atomic E-state index is 12.5. The molecule has 7 heteroatoms. The van der Waals surface area contributed by atoms with Gasteiger partial charge in [-0.3, -0.25) is 4.79 Å². The van der Waals surface area contributed by atoms with Crippen LogP contribution in [-0.4, -0.2) is 22.0 Å². The Kier molecular flexibility index (Phi) is 4.83. The molecule has 0 spiro atoms. The van der Waals surface area contributed by atoms with Crippen LogP contribution in [0.15, 0.2) is 40.9 Å². The molecule has 0 saturated carbocycles. The van der Waals surface area contributed by atoms with Crippen molar-refractivity contribution in [3.63, 3.8) is 0 Å². The number of nitrogens with one attached hydrogen (secondary N) is 2. The zero-order valence-corrected chi connectivity index (χ0v) is 15.5. The fourth-order valence-electron chi connectivity index (χ4n) is 2.71. The highest BCUT2D eigenvalue weighted by atomic mass is 79.9. The fourth-order valence-corrected chi connectivity index (χ4v) is 3.36. The lowest BCUT2D eigenvalue weighted by molar-refractivity contribution is -0.115.